The molecule has 0 radical (unpaired) electrons. The number of ketones is 1. The van der Waals surface area contributed by atoms with Gasteiger partial charge in [-0.2, -0.15) is 0 Å². The second kappa shape index (κ2) is 10.8. The van der Waals surface area contributed by atoms with Crippen LogP contribution in [0.25, 0.3) is 0 Å². The summed E-state index contributed by atoms with van der Waals surface area (Å²) in [5.74, 6) is 2.93. The van der Waals surface area contributed by atoms with Crippen molar-refractivity contribution in [2.45, 2.75) is 25.3 Å². The Labute approximate surface area is 194 Å². The molecule has 180 valence electrons. The van der Waals surface area contributed by atoms with E-state index in [1.807, 2.05) is 30.3 Å². The fourth-order valence-corrected chi connectivity index (χ4v) is 4.57. The molecule has 0 saturated carbocycles. The highest BCUT2D eigenvalue weighted by Gasteiger charge is 2.47. The van der Waals surface area contributed by atoms with Crippen LogP contribution in [-0.2, 0) is 17.6 Å². The number of carbonyl (C=O) groups excluding carboxylic acids is 1. The van der Waals surface area contributed by atoms with Crippen molar-refractivity contribution in [3.63, 3.8) is 0 Å². The van der Waals surface area contributed by atoms with E-state index in [4.69, 9.17) is 23.7 Å². The predicted molar refractivity (Wildman–Crippen MR) is 124 cm³/mol. The van der Waals surface area contributed by atoms with Gasteiger partial charge in [0.1, 0.15) is 0 Å². The lowest BCUT2D eigenvalue weighted by Crippen LogP contribution is -2.36. The third-order valence-corrected chi connectivity index (χ3v) is 6.27. The Morgan fingerprint density at radius 2 is 1.48 bits per heavy atom. The van der Waals surface area contributed by atoms with Crippen LogP contribution in [0.3, 0.4) is 0 Å². The smallest absolute Gasteiger partial charge is 0.203 e. The lowest BCUT2D eigenvalue weighted by Gasteiger charge is -2.27. The average Bonchev–Trinajstić information content (AvgIpc) is 3.13. The summed E-state index contributed by atoms with van der Waals surface area (Å²) < 4.78 is 27.0. The lowest BCUT2D eigenvalue weighted by molar-refractivity contribution is -0.127. The highest BCUT2D eigenvalue weighted by atomic mass is 16.5. The van der Waals surface area contributed by atoms with E-state index in [1.165, 1.54) is 0 Å². The van der Waals surface area contributed by atoms with Crippen molar-refractivity contribution in [1.29, 1.82) is 0 Å². The molecule has 0 aromatic heterocycles. The fourth-order valence-electron chi connectivity index (χ4n) is 4.57. The highest BCUT2D eigenvalue weighted by Crippen LogP contribution is 2.40. The molecule has 2 aromatic carbocycles. The molecule has 0 spiro atoms. The molecule has 0 amide bonds. The molecule has 2 atom stereocenters. The molecule has 2 N–H and O–H groups in total. The second-order valence-electron chi connectivity index (χ2n) is 8.16. The number of aliphatic hydroxyl groups excluding tert-OH is 1. The van der Waals surface area contributed by atoms with Gasteiger partial charge in [-0.1, -0.05) is 6.07 Å². The van der Waals surface area contributed by atoms with E-state index in [-0.39, 0.29) is 18.4 Å². The zero-order chi connectivity index (χ0) is 24.0. The number of benzene rings is 2. The zero-order valence-corrected chi connectivity index (χ0v) is 19.9. The molecule has 1 aliphatic heterocycles. The summed E-state index contributed by atoms with van der Waals surface area (Å²) in [5, 5.41) is 13.1. The molecule has 3 rings (SSSR count). The van der Waals surface area contributed by atoms with Gasteiger partial charge in [0.05, 0.1) is 41.6 Å². The predicted octanol–water partition coefficient (Wildman–Crippen LogP) is 2.42. The minimum Gasteiger partial charge on any atom is -0.493 e. The van der Waals surface area contributed by atoms with Gasteiger partial charge in [0, 0.05) is 18.6 Å². The summed E-state index contributed by atoms with van der Waals surface area (Å²) in [7, 11) is 7.86. The van der Waals surface area contributed by atoms with Gasteiger partial charge in [-0.25, -0.2) is 0 Å². The summed E-state index contributed by atoms with van der Waals surface area (Å²) in [6, 6.07) is 8.98. The number of hydrogen-bond acceptors (Lipinski definition) is 8. The number of nitrogens with one attached hydrogen (secondary N) is 1. The number of rotatable bonds is 11. The zero-order valence-electron chi connectivity index (χ0n) is 19.9. The number of ether oxygens (including phenoxy) is 5. The highest BCUT2D eigenvalue weighted by molar-refractivity contribution is 5.92. The number of methoxy groups -OCH3 is 5. The van der Waals surface area contributed by atoms with Crippen LogP contribution >= 0.6 is 0 Å². The third kappa shape index (κ3) is 5.02. The van der Waals surface area contributed by atoms with E-state index < -0.39 is 5.41 Å². The van der Waals surface area contributed by atoms with Crippen LogP contribution in [0.5, 0.6) is 28.7 Å². The summed E-state index contributed by atoms with van der Waals surface area (Å²) in [5.41, 5.74) is 1.13. The summed E-state index contributed by atoms with van der Waals surface area (Å²) in [4.78, 5) is 13.6. The van der Waals surface area contributed by atoms with Crippen LogP contribution < -0.4 is 29.0 Å². The van der Waals surface area contributed by atoms with Crippen molar-refractivity contribution in [2.75, 3.05) is 48.7 Å². The molecular formula is C25H33NO7. The van der Waals surface area contributed by atoms with Gasteiger partial charge in [-0.15, -0.1) is 0 Å². The molecule has 8 heteroatoms. The van der Waals surface area contributed by atoms with E-state index in [0.717, 1.165) is 11.1 Å². The number of Topliss-reactive ketones (excluding diaryl/α,β-unsaturated/α-hetero) is 1. The van der Waals surface area contributed by atoms with Gasteiger partial charge < -0.3 is 34.1 Å². The van der Waals surface area contributed by atoms with Crippen LogP contribution in [0.4, 0.5) is 0 Å². The topological polar surface area (TPSA) is 95.5 Å². The molecule has 0 aliphatic carbocycles. The van der Waals surface area contributed by atoms with Gasteiger partial charge >= 0.3 is 0 Å². The number of aliphatic hydroxyl groups is 1. The molecule has 2 unspecified atom stereocenters. The minimum atomic E-state index is -0.709. The van der Waals surface area contributed by atoms with Gasteiger partial charge in [-0.05, 0) is 54.7 Å². The molecule has 8 nitrogen and oxygen atoms in total. The van der Waals surface area contributed by atoms with Gasteiger partial charge in [0.25, 0.3) is 0 Å². The first-order chi connectivity index (χ1) is 15.9. The van der Waals surface area contributed by atoms with E-state index in [0.29, 0.717) is 54.6 Å². The normalized spacial score (nSPS) is 19.9. The fraction of sp³-hybridized carbons (Fsp3) is 0.480. The number of hydrogen-bond donors (Lipinski definition) is 2. The first kappa shape index (κ1) is 24.7. The first-order valence-electron chi connectivity index (χ1n) is 10.8. The van der Waals surface area contributed by atoms with Gasteiger partial charge in [-0.3, -0.25) is 4.79 Å². The molecule has 2 aromatic rings. The molecule has 0 bridgehead atoms. The van der Waals surface area contributed by atoms with Crippen LogP contribution in [-0.4, -0.2) is 65.6 Å². The molecule has 1 saturated heterocycles. The SMILES string of the molecule is COc1ccc(CC2(CCO)CNC(Cc3cc(OC)c(OC)c(OC)c3)C2=O)cc1OC. The van der Waals surface area contributed by atoms with Crippen molar-refractivity contribution in [1.82, 2.24) is 5.32 Å². The molecule has 33 heavy (non-hydrogen) atoms. The molecular weight excluding hydrogens is 426 g/mol. The Balaban J connectivity index is 1.85. The van der Waals surface area contributed by atoms with E-state index in [9.17, 15) is 9.90 Å². The Kier molecular flexibility index (Phi) is 8.05. The summed E-state index contributed by atoms with van der Waals surface area (Å²) >= 11 is 0. The maximum atomic E-state index is 13.6. The lowest BCUT2D eigenvalue weighted by atomic mass is 9.75. The van der Waals surface area contributed by atoms with Gasteiger partial charge in [0.15, 0.2) is 28.8 Å². The quantitative estimate of drug-likeness (QED) is 0.529. The van der Waals surface area contributed by atoms with Crippen molar-refractivity contribution in [3.05, 3.63) is 41.5 Å². The van der Waals surface area contributed by atoms with Gasteiger partial charge in [0.2, 0.25) is 5.75 Å². The first-order valence-corrected chi connectivity index (χ1v) is 10.8. The molecule has 1 aliphatic rings. The van der Waals surface area contributed by atoms with E-state index in [2.05, 4.69) is 5.32 Å². The van der Waals surface area contributed by atoms with Crippen molar-refractivity contribution in [2.24, 2.45) is 5.41 Å². The van der Waals surface area contributed by atoms with Crippen LogP contribution in [0.2, 0.25) is 0 Å². The Hall–Kier alpha value is -2.97. The van der Waals surface area contributed by atoms with Crippen molar-refractivity contribution >= 4 is 5.78 Å². The summed E-state index contributed by atoms with van der Waals surface area (Å²) in [6.07, 6.45) is 1.33. The Bertz CT molecular complexity index is 952. The average molecular weight is 460 g/mol. The monoisotopic (exact) mass is 459 g/mol. The van der Waals surface area contributed by atoms with Crippen molar-refractivity contribution < 1.29 is 33.6 Å². The third-order valence-electron chi connectivity index (χ3n) is 6.27. The molecule has 1 fully saturated rings. The Morgan fingerprint density at radius 1 is 0.879 bits per heavy atom. The molecule has 1 heterocycles. The van der Waals surface area contributed by atoms with Crippen LogP contribution in [0.15, 0.2) is 30.3 Å². The minimum absolute atomic E-state index is 0.0718. The standard InChI is InChI=1S/C25H33NO7/c1-29-19-7-6-16(11-20(19)30-2)14-25(8-9-27)15-26-18(24(25)28)10-17-12-21(31-3)23(33-5)22(13-17)32-4/h6-7,11-13,18,26-27H,8-10,14-15H2,1-5H3. The van der Waals surface area contributed by atoms with Crippen molar-refractivity contribution in [3.8, 4) is 28.7 Å². The van der Waals surface area contributed by atoms with Crippen LogP contribution in [0, 0.1) is 5.41 Å². The maximum absolute atomic E-state index is 13.6. The second-order valence-corrected chi connectivity index (χ2v) is 8.16. The van der Waals surface area contributed by atoms with E-state index >= 15 is 0 Å². The summed E-state index contributed by atoms with van der Waals surface area (Å²) in [6.45, 7) is 0.410. The Morgan fingerprint density at radius 3 is 2.03 bits per heavy atom. The van der Waals surface area contributed by atoms with E-state index in [1.54, 1.807) is 35.5 Å². The van der Waals surface area contributed by atoms with Crippen LogP contribution in [0.1, 0.15) is 17.5 Å². The number of carbonyl (C=O) groups is 1. The maximum Gasteiger partial charge on any atom is 0.203 e. The largest absolute Gasteiger partial charge is 0.493 e.